The number of benzene rings is 2. The molecule has 1 unspecified atom stereocenters. The second kappa shape index (κ2) is 14.7. The van der Waals surface area contributed by atoms with Crippen molar-refractivity contribution >= 4 is 27.3 Å². The topological polar surface area (TPSA) is 101 Å². The first-order valence-electron chi connectivity index (χ1n) is 13.1. The normalized spacial score (nSPS) is 15.3. The number of sulfonamides is 1. The van der Waals surface area contributed by atoms with Crippen molar-refractivity contribution in [3.05, 3.63) is 72.4 Å². The molecular formula is C29H39N3O5S. The van der Waals surface area contributed by atoms with Crippen molar-refractivity contribution in [3.8, 4) is 5.75 Å². The molecule has 1 atom stereocenters. The quantitative estimate of drug-likeness (QED) is 0.126. The number of nitrogens with one attached hydrogen (secondary N) is 2. The molecule has 1 aromatic heterocycles. The van der Waals surface area contributed by atoms with Gasteiger partial charge in [-0.2, -0.15) is 4.31 Å². The predicted molar refractivity (Wildman–Crippen MR) is 150 cm³/mol. The summed E-state index contributed by atoms with van der Waals surface area (Å²) >= 11 is 0. The van der Waals surface area contributed by atoms with Gasteiger partial charge in [-0.15, -0.1) is 6.58 Å². The first-order chi connectivity index (χ1) is 18.5. The highest BCUT2D eigenvalue weighted by Gasteiger charge is 2.37. The van der Waals surface area contributed by atoms with Crippen molar-refractivity contribution in [3.63, 3.8) is 0 Å². The fourth-order valence-electron chi connectivity index (χ4n) is 4.84. The number of hydrogen-bond donors (Lipinski definition) is 2. The first-order valence-corrected chi connectivity index (χ1v) is 14.6. The van der Waals surface area contributed by atoms with E-state index in [-0.39, 0.29) is 6.04 Å². The summed E-state index contributed by atoms with van der Waals surface area (Å²) in [5.74, 6) is 0.656. The minimum Gasteiger partial charge on any atom is -0.497 e. The number of methoxy groups -OCH3 is 1. The van der Waals surface area contributed by atoms with E-state index in [1.165, 1.54) is 36.3 Å². The van der Waals surface area contributed by atoms with E-state index in [1.807, 2.05) is 11.5 Å². The number of aromatic nitrogens is 1. The van der Waals surface area contributed by atoms with Crippen molar-refractivity contribution in [2.75, 3.05) is 20.3 Å². The summed E-state index contributed by atoms with van der Waals surface area (Å²) in [5.41, 5.74) is 5.43. The number of hydroxylamine groups is 1. The van der Waals surface area contributed by atoms with Crippen LogP contribution in [0.25, 0.3) is 10.9 Å². The smallest absolute Gasteiger partial charge is 0.243 e. The van der Waals surface area contributed by atoms with Gasteiger partial charge < -0.3 is 9.72 Å². The van der Waals surface area contributed by atoms with Crippen LogP contribution in [-0.2, 0) is 26.1 Å². The van der Waals surface area contributed by atoms with Gasteiger partial charge in [-0.05, 0) is 48.7 Å². The third kappa shape index (κ3) is 7.24. The van der Waals surface area contributed by atoms with Crippen LogP contribution in [0, 0.1) is 0 Å². The van der Waals surface area contributed by atoms with E-state index in [0.717, 1.165) is 36.9 Å². The maximum absolute atomic E-state index is 13.6. The lowest BCUT2D eigenvalue weighted by Gasteiger charge is -2.35. The number of para-hydroxylation sites is 1. The Labute approximate surface area is 226 Å². The largest absolute Gasteiger partial charge is 0.497 e. The van der Waals surface area contributed by atoms with E-state index >= 15 is 0 Å². The first kappa shape index (κ1) is 29.4. The molecule has 0 radical (unpaired) electrons. The molecule has 0 fully saturated rings. The lowest BCUT2D eigenvalue weighted by molar-refractivity contribution is -0.119. The van der Waals surface area contributed by atoms with Crippen LogP contribution in [0.15, 0.2) is 66.1 Å². The standard InChI is InChI=1S/C25H32N2O3S.C4H7NO2/c1-3-4-5-6-7-12-24-25-22(21-10-8-9-11-23(21)26-25)17-18-27(24)31(28,29)20-15-13-19(30-2)14-16-20;1-2-3-7-5-4-6/h8-11,13-16,24,26H,3-7,12,17-18H2,1-2H3;2,4H,1,3H2,(H,5,6). The van der Waals surface area contributed by atoms with Crippen LogP contribution in [0.3, 0.4) is 0 Å². The number of carbonyl (C=O) groups excluding carboxylic acids is 1. The Morgan fingerprint density at radius 3 is 2.53 bits per heavy atom. The molecule has 0 aliphatic carbocycles. The zero-order chi connectivity index (χ0) is 27.4. The van der Waals surface area contributed by atoms with Crippen LogP contribution < -0.4 is 10.2 Å². The zero-order valence-corrected chi connectivity index (χ0v) is 23.1. The Morgan fingerprint density at radius 2 is 1.84 bits per heavy atom. The van der Waals surface area contributed by atoms with Gasteiger partial charge in [-0.25, -0.2) is 13.9 Å². The van der Waals surface area contributed by atoms with Crippen LogP contribution in [-0.4, -0.2) is 44.4 Å². The van der Waals surface area contributed by atoms with Gasteiger partial charge in [0, 0.05) is 23.1 Å². The van der Waals surface area contributed by atoms with Crippen molar-refractivity contribution in [1.82, 2.24) is 14.8 Å². The molecule has 206 valence electrons. The monoisotopic (exact) mass is 541 g/mol. The van der Waals surface area contributed by atoms with E-state index in [1.54, 1.807) is 35.7 Å². The van der Waals surface area contributed by atoms with Crippen LogP contribution >= 0.6 is 0 Å². The third-order valence-electron chi connectivity index (χ3n) is 6.69. The lowest BCUT2D eigenvalue weighted by Crippen LogP contribution is -2.40. The number of unbranched alkanes of at least 4 members (excludes halogenated alkanes) is 4. The molecule has 1 aliphatic rings. The van der Waals surface area contributed by atoms with Gasteiger partial charge in [-0.3, -0.25) is 9.63 Å². The van der Waals surface area contributed by atoms with Crippen molar-refractivity contribution in [2.45, 2.75) is 62.8 Å². The Bertz CT molecular complexity index is 1260. The molecule has 0 saturated carbocycles. The van der Waals surface area contributed by atoms with Gasteiger partial charge in [0.15, 0.2) is 0 Å². The summed E-state index contributed by atoms with van der Waals surface area (Å²) in [4.78, 5) is 17.7. The zero-order valence-electron chi connectivity index (χ0n) is 22.3. The summed E-state index contributed by atoms with van der Waals surface area (Å²) in [5, 5.41) is 1.22. The molecule has 2 N–H and O–H groups in total. The number of nitrogens with zero attached hydrogens (tertiary/aromatic N) is 1. The molecule has 38 heavy (non-hydrogen) atoms. The molecule has 2 heterocycles. The van der Waals surface area contributed by atoms with Crippen molar-refractivity contribution in [2.24, 2.45) is 0 Å². The molecule has 9 heteroatoms. The van der Waals surface area contributed by atoms with E-state index in [9.17, 15) is 13.2 Å². The minimum absolute atomic E-state index is 0.162. The third-order valence-corrected chi connectivity index (χ3v) is 8.61. The summed E-state index contributed by atoms with van der Waals surface area (Å²) in [6, 6.07) is 14.8. The van der Waals surface area contributed by atoms with Crippen LogP contribution in [0.2, 0.25) is 0 Å². The average molecular weight is 542 g/mol. The fourth-order valence-corrected chi connectivity index (χ4v) is 6.47. The Hall–Kier alpha value is -3.14. The molecule has 1 amide bonds. The number of H-pyrrole nitrogens is 1. The number of fused-ring (bicyclic) bond motifs is 3. The van der Waals surface area contributed by atoms with Gasteiger partial charge in [-0.1, -0.05) is 63.3 Å². The van der Waals surface area contributed by atoms with Crippen LogP contribution in [0.4, 0.5) is 0 Å². The fraction of sp³-hybridized carbons (Fsp3) is 0.414. The minimum atomic E-state index is -3.61. The number of ether oxygens (including phenoxy) is 1. The number of hydrogen-bond acceptors (Lipinski definition) is 5. The highest BCUT2D eigenvalue weighted by Crippen LogP contribution is 2.40. The number of carbonyl (C=O) groups is 1. The highest BCUT2D eigenvalue weighted by atomic mass is 32.2. The second-order valence-electron chi connectivity index (χ2n) is 9.16. The molecule has 4 rings (SSSR count). The van der Waals surface area contributed by atoms with Crippen LogP contribution in [0.1, 0.15) is 62.7 Å². The molecule has 8 nitrogen and oxygen atoms in total. The summed E-state index contributed by atoms with van der Waals surface area (Å²) in [7, 11) is -2.02. The molecule has 1 aliphatic heterocycles. The number of amides is 1. The highest BCUT2D eigenvalue weighted by molar-refractivity contribution is 7.89. The number of rotatable bonds is 13. The van der Waals surface area contributed by atoms with Gasteiger partial charge in [0.1, 0.15) is 5.75 Å². The molecule has 2 aromatic carbocycles. The number of aromatic amines is 1. The average Bonchev–Trinajstić information content (AvgIpc) is 3.33. The van der Waals surface area contributed by atoms with E-state index in [2.05, 4.69) is 41.5 Å². The SMILES string of the molecule is C=CCONC=O.CCCCCCCC1c2[nH]c3ccccc3c2CCN1S(=O)(=O)c1ccc(OC)cc1. The predicted octanol–water partition coefficient (Wildman–Crippen LogP) is 5.68. The Balaban J connectivity index is 0.000000505. The summed E-state index contributed by atoms with van der Waals surface area (Å²) in [6.07, 6.45) is 9.35. The van der Waals surface area contributed by atoms with E-state index in [4.69, 9.17) is 4.74 Å². The van der Waals surface area contributed by atoms with E-state index < -0.39 is 10.0 Å². The maximum atomic E-state index is 13.6. The van der Waals surface area contributed by atoms with Gasteiger partial charge in [0.2, 0.25) is 16.4 Å². The molecule has 3 aromatic rings. The molecule has 0 bridgehead atoms. The summed E-state index contributed by atoms with van der Waals surface area (Å²) < 4.78 is 34.2. The van der Waals surface area contributed by atoms with E-state index in [0.29, 0.717) is 30.2 Å². The Morgan fingerprint density at radius 1 is 1.11 bits per heavy atom. The summed E-state index contributed by atoms with van der Waals surface area (Å²) in [6.45, 7) is 6.41. The maximum Gasteiger partial charge on any atom is 0.243 e. The lowest BCUT2D eigenvalue weighted by atomic mass is 9.95. The van der Waals surface area contributed by atoms with Gasteiger partial charge in [0.25, 0.3) is 0 Å². The van der Waals surface area contributed by atoms with Gasteiger partial charge >= 0.3 is 0 Å². The van der Waals surface area contributed by atoms with Crippen LogP contribution in [0.5, 0.6) is 5.75 Å². The van der Waals surface area contributed by atoms with Crippen molar-refractivity contribution in [1.29, 1.82) is 0 Å². The molecule has 0 saturated heterocycles. The second-order valence-corrected chi connectivity index (χ2v) is 11.0. The van der Waals surface area contributed by atoms with Crippen molar-refractivity contribution < 1.29 is 22.8 Å². The van der Waals surface area contributed by atoms with Gasteiger partial charge in [0.05, 0.1) is 24.7 Å². The molecular weight excluding hydrogens is 502 g/mol. The molecule has 0 spiro atoms. The Kier molecular flexibility index (Phi) is 11.4.